The predicted octanol–water partition coefficient (Wildman–Crippen LogP) is 2.99. The van der Waals surface area contributed by atoms with Crippen molar-refractivity contribution >= 4 is 23.5 Å². The molecule has 0 atom stereocenters. The van der Waals surface area contributed by atoms with Gasteiger partial charge in [-0.1, -0.05) is 11.6 Å². The fourth-order valence-electron chi connectivity index (χ4n) is 1.31. The highest BCUT2D eigenvalue weighted by molar-refractivity contribution is 6.32. The summed E-state index contributed by atoms with van der Waals surface area (Å²) in [6.07, 6.45) is -1.39. The van der Waals surface area contributed by atoms with Gasteiger partial charge in [-0.15, -0.1) is 0 Å². The molecular formula is C13H14ClF3N4O2. The summed E-state index contributed by atoms with van der Waals surface area (Å²) in [5, 5.41) is 4.56. The molecule has 0 unspecified atom stereocenters. The second-order valence-electron chi connectivity index (χ2n) is 4.01. The smallest absolute Gasteiger partial charge is 0.417 e. The van der Waals surface area contributed by atoms with Crippen LogP contribution in [0.2, 0.25) is 5.02 Å². The van der Waals surface area contributed by atoms with Crippen LogP contribution in [-0.2, 0) is 6.18 Å². The lowest BCUT2D eigenvalue weighted by molar-refractivity contribution is -0.137. The van der Waals surface area contributed by atoms with Crippen LogP contribution in [0, 0.1) is 0 Å². The number of amides is 2. The topological polar surface area (TPSA) is 75.6 Å². The number of ether oxygens (including phenoxy) is 1. The highest BCUT2D eigenvalue weighted by Crippen LogP contribution is 2.33. The standard InChI is InChI=1S/C13H14ClF3N4O2/c1-3-19-12(22)20-5-4-10(18-2)23-11-9(14)6-8(7-21-11)13(15,16)17/h4-7H,3H2,1-2H3,(H2,19,20,22)/b5-4-,18-10?. The molecule has 10 heteroatoms. The van der Waals surface area contributed by atoms with Crippen molar-refractivity contribution < 1.29 is 22.7 Å². The Kier molecular flexibility index (Phi) is 6.83. The summed E-state index contributed by atoms with van der Waals surface area (Å²) >= 11 is 5.72. The fraction of sp³-hybridized carbons (Fsp3) is 0.308. The van der Waals surface area contributed by atoms with Crippen LogP contribution in [0.15, 0.2) is 29.5 Å². The Morgan fingerprint density at radius 2 is 2.22 bits per heavy atom. The number of halogens is 4. The van der Waals surface area contributed by atoms with Gasteiger partial charge in [-0.3, -0.25) is 4.99 Å². The SMILES string of the molecule is CCNC(=O)N/C=C\C(=NC)Oc1ncc(C(F)(F)F)cc1Cl. The van der Waals surface area contributed by atoms with E-state index in [4.69, 9.17) is 16.3 Å². The molecule has 0 radical (unpaired) electrons. The number of nitrogens with one attached hydrogen (secondary N) is 2. The van der Waals surface area contributed by atoms with E-state index in [1.807, 2.05) is 0 Å². The first-order valence-corrected chi connectivity index (χ1v) is 6.74. The summed E-state index contributed by atoms with van der Waals surface area (Å²) < 4.78 is 42.7. The molecule has 0 aromatic carbocycles. The van der Waals surface area contributed by atoms with Crippen molar-refractivity contribution in [3.8, 4) is 5.88 Å². The number of carbonyl (C=O) groups excluding carboxylic acids is 1. The lowest BCUT2D eigenvalue weighted by Crippen LogP contribution is -2.31. The third kappa shape index (κ3) is 6.15. The molecule has 0 aliphatic rings. The van der Waals surface area contributed by atoms with Crippen molar-refractivity contribution in [3.05, 3.63) is 35.1 Å². The lowest BCUT2D eigenvalue weighted by Gasteiger charge is -2.09. The van der Waals surface area contributed by atoms with Gasteiger partial charge < -0.3 is 15.4 Å². The number of urea groups is 1. The Labute approximate surface area is 135 Å². The number of pyridine rings is 1. The van der Waals surface area contributed by atoms with Crippen LogP contribution in [0.3, 0.4) is 0 Å². The number of rotatable bonds is 4. The van der Waals surface area contributed by atoms with Gasteiger partial charge in [0.15, 0.2) is 0 Å². The summed E-state index contributed by atoms with van der Waals surface area (Å²) in [5.74, 6) is -0.237. The van der Waals surface area contributed by atoms with Gasteiger partial charge in [0, 0.05) is 32.1 Å². The summed E-state index contributed by atoms with van der Waals surface area (Å²) in [7, 11) is 1.39. The second-order valence-corrected chi connectivity index (χ2v) is 4.42. The van der Waals surface area contributed by atoms with Crippen LogP contribution in [0.5, 0.6) is 5.88 Å². The quantitative estimate of drug-likeness (QED) is 0.647. The van der Waals surface area contributed by atoms with Gasteiger partial charge in [-0.05, 0) is 13.0 Å². The second kappa shape index (κ2) is 8.37. The molecule has 0 bridgehead atoms. The first kappa shape index (κ1) is 18.8. The minimum absolute atomic E-state index is 0.00374. The van der Waals surface area contributed by atoms with Crippen LogP contribution in [0.25, 0.3) is 0 Å². The average molecular weight is 351 g/mol. The molecule has 2 N–H and O–H groups in total. The number of aliphatic imine (C=N–C) groups is 1. The van der Waals surface area contributed by atoms with Gasteiger partial charge in [0.25, 0.3) is 0 Å². The van der Waals surface area contributed by atoms with Crippen molar-refractivity contribution in [2.75, 3.05) is 13.6 Å². The van der Waals surface area contributed by atoms with E-state index in [1.54, 1.807) is 6.92 Å². The molecule has 2 amide bonds. The first-order chi connectivity index (χ1) is 10.8. The molecular weight excluding hydrogens is 337 g/mol. The van der Waals surface area contributed by atoms with Crippen molar-refractivity contribution in [1.82, 2.24) is 15.6 Å². The van der Waals surface area contributed by atoms with E-state index >= 15 is 0 Å². The van der Waals surface area contributed by atoms with E-state index in [-0.39, 0.29) is 16.8 Å². The van der Waals surface area contributed by atoms with Crippen LogP contribution < -0.4 is 15.4 Å². The van der Waals surface area contributed by atoms with Gasteiger partial charge >= 0.3 is 12.2 Å². The average Bonchev–Trinajstić information content (AvgIpc) is 2.47. The third-order valence-corrected chi connectivity index (χ3v) is 2.60. The van der Waals surface area contributed by atoms with Crippen LogP contribution in [0.4, 0.5) is 18.0 Å². The van der Waals surface area contributed by atoms with E-state index in [0.717, 1.165) is 0 Å². The summed E-state index contributed by atoms with van der Waals surface area (Å²) in [6, 6.07) is 0.276. The van der Waals surface area contributed by atoms with Crippen LogP contribution >= 0.6 is 11.6 Å². The Hall–Kier alpha value is -2.29. The largest absolute Gasteiger partial charge is 0.419 e. The maximum Gasteiger partial charge on any atom is 0.417 e. The van der Waals surface area contributed by atoms with Gasteiger partial charge in [-0.2, -0.15) is 13.2 Å². The molecule has 0 saturated heterocycles. The van der Waals surface area contributed by atoms with E-state index in [9.17, 15) is 18.0 Å². The van der Waals surface area contributed by atoms with Gasteiger partial charge in [0.05, 0.1) is 5.56 Å². The zero-order valence-electron chi connectivity index (χ0n) is 12.2. The molecule has 1 aromatic rings. The van der Waals surface area contributed by atoms with E-state index in [1.165, 1.54) is 19.3 Å². The third-order valence-electron chi connectivity index (χ3n) is 2.33. The number of aromatic nitrogens is 1. The molecule has 1 rings (SSSR count). The highest BCUT2D eigenvalue weighted by Gasteiger charge is 2.31. The van der Waals surface area contributed by atoms with Crippen LogP contribution in [-0.4, -0.2) is 30.5 Å². The Balaban J connectivity index is 2.77. The van der Waals surface area contributed by atoms with Gasteiger partial charge in [-0.25, -0.2) is 9.78 Å². The molecule has 0 fully saturated rings. The minimum Gasteiger partial charge on any atom is -0.419 e. The molecule has 0 saturated carbocycles. The lowest BCUT2D eigenvalue weighted by atomic mass is 10.3. The zero-order chi connectivity index (χ0) is 17.5. The summed E-state index contributed by atoms with van der Waals surface area (Å²) in [4.78, 5) is 18.4. The number of carbonyl (C=O) groups is 1. The molecule has 0 aliphatic heterocycles. The molecule has 126 valence electrons. The van der Waals surface area contributed by atoms with Crippen molar-refractivity contribution in [2.45, 2.75) is 13.1 Å². The minimum atomic E-state index is -4.55. The number of hydrogen-bond acceptors (Lipinski definition) is 4. The highest BCUT2D eigenvalue weighted by atomic mass is 35.5. The molecule has 1 heterocycles. The van der Waals surface area contributed by atoms with Crippen molar-refractivity contribution in [3.63, 3.8) is 0 Å². The number of hydrogen-bond donors (Lipinski definition) is 2. The predicted molar refractivity (Wildman–Crippen MR) is 79.6 cm³/mol. The maximum absolute atomic E-state index is 12.5. The zero-order valence-corrected chi connectivity index (χ0v) is 13.0. The maximum atomic E-state index is 12.5. The van der Waals surface area contributed by atoms with E-state index in [0.29, 0.717) is 18.8 Å². The van der Waals surface area contributed by atoms with Crippen molar-refractivity contribution in [2.24, 2.45) is 4.99 Å². The number of nitrogens with zero attached hydrogens (tertiary/aromatic N) is 2. The fourth-order valence-corrected chi connectivity index (χ4v) is 1.51. The van der Waals surface area contributed by atoms with E-state index < -0.39 is 17.8 Å². The molecule has 0 aliphatic carbocycles. The Bertz CT molecular complexity index is 618. The molecule has 23 heavy (non-hydrogen) atoms. The Morgan fingerprint density at radius 3 is 2.74 bits per heavy atom. The van der Waals surface area contributed by atoms with Gasteiger partial charge in [0.1, 0.15) is 5.02 Å². The van der Waals surface area contributed by atoms with Crippen molar-refractivity contribution in [1.29, 1.82) is 0 Å². The number of alkyl halides is 3. The molecule has 0 spiro atoms. The Morgan fingerprint density at radius 1 is 1.52 bits per heavy atom. The van der Waals surface area contributed by atoms with Crippen LogP contribution in [0.1, 0.15) is 12.5 Å². The summed E-state index contributed by atoms with van der Waals surface area (Å²) in [6.45, 7) is 2.21. The van der Waals surface area contributed by atoms with E-state index in [2.05, 4.69) is 20.6 Å². The monoisotopic (exact) mass is 350 g/mol. The van der Waals surface area contributed by atoms with Gasteiger partial charge in [0.2, 0.25) is 11.8 Å². The molecule has 1 aromatic heterocycles. The molecule has 6 nitrogen and oxygen atoms in total. The summed E-state index contributed by atoms with van der Waals surface area (Å²) in [5.41, 5.74) is -0.988. The first-order valence-electron chi connectivity index (χ1n) is 6.36. The normalized spacial score (nSPS) is 12.3.